The molecule has 1 aliphatic heterocycles. The number of nitrogens with two attached hydrogens (primary N) is 1. The second-order valence-electron chi connectivity index (χ2n) is 4.45. The topological polar surface area (TPSA) is 101 Å². The molecule has 2 aromatic rings. The number of nitrogen functional groups attached to an aromatic ring is 1. The van der Waals surface area contributed by atoms with Gasteiger partial charge in [0.05, 0.1) is 23.3 Å². The molecule has 1 fully saturated rings. The normalized spacial score (nSPS) is 20.1. The number of amides is 2. The summed E-state index contributed by atoms with van der Waals surface area (Å²) in [5, 5.41) is 9.94. The number of nitrogens with zero attached hydrogens (tertiary/aromatic N) is 1. The smallest absolute Gasteiger partial charge is 0.234 e. The number of piperidine rings is 1. The van der Waals surface area contributed by atoms with Crippen molar-refractivity contribution in [2.24, 2.45) is 0 Å². The fraction of sp³-hybridized carbons (Fsp3) is 0.250. The number of anilines is 1. The van der Waals surface area contributed by atoms with E-state index < -0.39 is 0 Å². The van der Waals surface area contributed by atoms with Crippen molar-refractivity contribution in [1.29, 1.82) is 0 Å². The minimum atomic E-state index is -0.315. The number of aromatic amines is 1. The van der Waals surface area contributed by atoms with Crippen LogP contribution < -0.4 is 11.1 Å². The van der Waals surface area contributed by atoms with E-state index in [1.807, 2.05) is 6.07 Å². The summed E-state index contributed by atoms with van der Waals surface area (Å²) >= 11 is 0. The van der Waals surface area contributed by atoms with Crippen LogP contribution in [0.5, 0.6) is 0 Å². The van der Waals surface area contributed by atoms with Gasteiger partial charge in [0.1, 0.15) is 0 Å². The zero-order chi connectivity index (χ0) is 12.7. The van der Waals surface area contributed by atoms with E-state index in [-0.39, 0.29) is 17.7 Å². The molecule has 1 aliphatic rings. The maximum absolute atomic E-state index is 11.8. The molecule has 6 heteroatoms. The van der Waals surface area contributed by atoms with Crippen LogP contribution in [-0.2, 0) is 9.59 Å². The van der Waals surface area contributed by atoms with Crippen LogP contribution in [0.15, 0.2) is 18.3 Å². The van der Waals surface area contributed by atoms with E-state index in [9.17, 15) is 9.59 Å². The molecule has 0 saturated carbocycles. The lowest BCUT2D eigenvalue weighted by Gasteiger charge is -2.21. The first-order valence-electron chi connectivity index (χ1n) is 5.71. The number of imide groups is 1. The molecule has 1 saturated heterocycles. The number of hydrogen-bond donors (Lipinski definition) is 3. The molecule has 6 nitrogen and oxygen atoms in total. The van der Waals surface area contributed by atoms with Gasteiger partial charge in [-0.3, -0.25) is 20.0 Å². The summed E-state index contributed by atoms with van der Waals surface area (Å²) in [7, 11) is 0. The Balaban J connectivity index is 2.03. The lowest BCUT2D eigenvalue weighted by atomic mass is 9.89. The Kier molecular flexibility index (Phi) is 2.29. The third-order valence-corrected chi connectivity index (χ3v) is 3.24. The van der Waals surface area contributed by atoms with Gasteiger partial charge in [-0.15, -0.1) is 0 Å². The van der Waals surface area contributed by atoms with Crippen molar-refractivity contribution in [2.75, 3.05) is 5.73 Å². The second-order valence-corrected chi connectivity index (χ2v) is 4.45. The summed E-state index contributed by atoms with van der Waals surface area (Å²) in [5.41, 5.74) is 8.07. The van der Waals surface area contributed by atoms with Crippen LogP contribution in [0.4, 0.5) is 5.69 Å². The molecule has 92 valence electrons. The number of H-pyrrole nitrogens is 1. The first kappa shape index (κ1) is 10.8. The molecule has 0 aliphatic carbocycles. The molecule has 1 aromatic carbocycles. The SMILES string of the molecule is Nc1cc(C2CCC(=O)NC2=O)cc2cn[nH]c12. The van der Waals surface area contributed by atoms with Crippen molar-refractivity contribution in [3.63, 3.8) is 0 Å². The molecule has 0 radical (unpaired) electrons. The van der Waals surface area contributed by atoms with Gasteiger partial charge < -0.3 is 5.73 Å². The van der Waals surface area contributed by atoms with E-state index in [0.29, 0.717) is 18.5 Å². The number of hydrogen-bond acceptors (Lipinski definition) is 4. The summed E-state index contributed by atoms with van der Waals surface area (Å²) in [6.45, 7) is 0. The van der Waals surface area contributed by atoms with Crippen molar-refractivity contribution < 1.29 is 9.59 Å². The fourth-order valence-corrected chi connectivity index (χ4v) is 2.32. The molecule has 0 spiro atoms. The number of aromatic nitrogens is 2. The van der Waals surface area contributed by atoms with Gasteiger partial charge in [-0.05, 0) is 24.1 Å². The Morgan fingerprint density at radius 2 is 2.17 bits per heavy atom. The molecular weight excluding hydrogens is 232 g/mol. The molecule has 3 rings (SSSR count). The van der Waals surface area contributed by atoms with Crippen LogP contribution in [0.1, 0.15) is 24.3 Å². The van der Waals surface area contributed by atoms with Crippen molar-refractivity contribution >= 4 is 28.4 Å². The van der Waals surface area contributed by atoms with Gasteiger partial charge in [0.25, 0.3) is 0 Å². The van der Waals surface area contributed by atoms with Gasteiger partial charge >= 0.3 is 0 Å². The molecule has 1 aromatic heterocycles. The van der Waals surface area contributed by atoms with Gasteiger partial charge in [0, 0.05) is 11.8 Å². The Morgan fingerprint density at radius 3 is 2.94 bits per heavy atom. The first-order valence-corrected chi connectivity index (χ1v) is 5.71. The Morgan fingerprint density at radius 1 is 1.33 bits per heavy atom. The molecular formula is C12H12N4O2. The van der Waals surface area contributed by atoms with Gasteiger partial charge in [-0.1, -0.05) is 0 Å². The van der Waals surface area contributed by atoms with E-state index in [1.165, 1.54) is 0 Å². The van der Waals surface area contributed by atoms with Crippen LogP contribution in [0.3, 0.4) is 0 Å². The van der Waals surface area contributed by atoms with Gasteiger partial charge in [-0.25, -0.2) is 0 Å². The average molecular weight is 244 g/mol. The van der Waals surface area contributed by atoms with E-state index in [2.05, 4.69) is 15.5 Å². The number of fused-ring (bicyclic) bond motifs is 1. The molecule has 4 N–H and O–H groups in total. The Labute approximate surface area is 103 Å². The van der Waals surface area contributed by atoms with Crippen LogP contribution in [0.2, 0.25) is 0 Å². The number of carbonyl (C=O) groups excluding carboxylic acids is 2. The van der Waals surface area contributed by atoms with Crippen LogP contribution in [-0.4, -0.2) is 22.0 Å². The standard InChI is InChI=1S/C12H12N4O2/c13-9-4-6(3-7-5-14-16-11(7)9)8-1-2-10(17)15-12(8)18/h3-5,8H,1-2,13H2,(H,14,16)(H,15,17,18). The lowest BCUT2D eigenvalue weighted by molar-refractivity contribution is -0.134. The van der Waals surface area contributed by atoms with Gasteiger partial charge in [0.15, 0.2) is 0 Å². The minimum Gasteiger partial charge on any atom is -0.397 e. The van der Waals surface area contributed by atoms with E-state index in [4.69, 9.17) is 5.73 Å². The Hall–Kier alpha value is -2.37. The molecule has 1 atom stereocenters. The third-order valence-electron chi connectivity index (χ3n) is 3.24. The Bertz CT molecular complexity index is 647. The van der Waals surface area contributed by atoms with Crippen molar-refractivity contribution in [3.05, 3.63) is 23.9 Å². The summed E-state index contributed by atoms with van der Waals surface area (Å²) in [4.78, 5) is 22.9. The number of rotatable bonds is 1. The highest BCUT2D eigenvalue weighted by Crippen LogP contribution is 2.30. The fourth-order valence-electron chi connectivity index (χ4n) is 2.32. The highest BCUT2D eigenvalue weighted by Gasteiger charge is 2.28. The molecule has 2 amide bonds. The van der Waals surface area contributed by atoms with Crippen LogP contribution >= 0.6 is 0 Å². The minimum absolute atomic E-state index is 0.214. The molecule has 2 heterocycles. The van der Waals surface area contributed by atoms with Crippen molar-refractivity contribution in [2.45, 2.75) is 18.8 Å². The zero-order valence-corrected chi connectivity index (χ0v) is 9.56. The molecule has 1 unspecified atom stereocenters. The van der Waals surface area contributed by atoms with Crippen LogP contribution in [0.25, 0.3) is 10.9 Å². The quantitative estimate of drug-likeness (QED) is 0.506. The predicted octanol–water partition coefficient (Wildman–Crippen LogP) is 0.665. The van der Waals surface area contributed by atoms with Gasteiger partial charge in [-0.2, -0.15) is 5.10 Å². The maximum Gasteiger partial charge on any atom is 0.234 e. The van der Waals surface area contributed by atoms with E-state index >= 15 is 0 Å². The number of benzene rings is 1. The monoisotopic (exact) mass is 244 g/mol. The number of nitrogens with one attached hydrogen (secondary N) is 2. The molecule has 18 heavy (non-hydrogen) atoms. The largest absolute Gasteiger partial charge is 0.397 e. The lowest BCUT2D eigenvalue weighted by Crippen LogP contribution is -2.39. The maximum atomic E-state index is 11.8. The summed E-state index contributed by atoms with van der Waals surface area (Å²) < 4.78 is 0. The van der Waals surface area contributed by atoms with E-state index in [0.717, 1.165) is 16.5 Å². The summed E-state index contributed by atoms with van der Waals surface area (Å²) in [5.74, 6) is -0.786. The first-order chi connectivity index (χ1) is 8.65. The highest BCUT2D eigenvalue weighted by molar-refractivity contribution is 6.01. The van der Waals surface area contributed by atoms with Gasteiger partial charge in [0.2, 0.25) is 11.8 Å². The average Bonchev–Trinajstić information content (AvgIpc) is 2.77. The zero-order valence-electron chi connectivity index (χ0n) is 9.56. The van der Waals surface area contributed by atoms with Crippen molar-refractivity contribution in [3.8, 4) is 0 Å². The summed E-state index contributed by atoms with van der Waals surface area (Å²) in [6.07, 6.45) is 2.55. The summed E-state index contributed by atoms with van der Waals surface area (Å²) in [6, 6.07) is 3.65. The highest BCUT2D eigenvalue weighted by atomic mass is 16.2. The van der Waals surface area contributed by atoms with Crippen molar-refractivity contribution in [1.82, 2.24) is 15.5 Å². The predicted molar refractivity (Wildman–Crippen MR) is 65.6 cm³/mol. The van der Waals surface area contributed by atoms with E-state index in [1.54, 1.807) is 12.3 Å². The third kappa shape index (κ3) is 1.62. The number of carbonyl (C=O) groups is 2. The molecule has 0 bridgehead atoms. The van der Waals surface area contributed by atoms with Crippen LogP contribution in [0, 0.1) is 0 Å². The second kappa shape index (κ2) is 3.83.